The molecule has 0 saturated heterocycles. The molecule has 0 unspecified atom stereocenters. The van der Waals surface area contributed by atoms with E-state index in [4.69, 9.17) is 4.74 Å². The van der Waals surface area contributed by atoms with Crippen molar-refractivity contribution in [3.8, 4) is 5.75 Å². The minimum atomic E-state index is 0.0496. The second-order valence-electron chi connectivity index (χ2n) is 5.80. The van der Waals surface area contributed by atoms with Crippen molar-refractivity contribution in [2.45, 2.75) is 12.3 Å². The van der Waals surface area contributed by atoms with Gasteiger partial charge in [-0.2, -0.15) is 0 Å². The number of benzene rings is 3. The summed E-state index contributed by atoms with van der Waals surface area (Å²) in [7, 11) is 1.64. The summed E-state index contributed by atoms with van der Waals surface area (Å²) in [6.07, 6.45) is 0. The fourth-order valence-corrected chi connectivity index (χ4v) is 3.43. The van der Waals surface area contributed by atoms with Gasteiger partial charge in [0.15, 0.2) is 0 Å². The lowest BCUT2D eigenvalue weighted by Gasteiger charge is -2.07. The van der Waals surface area contributed by atoms with E-state index in [0.29, 0.717) is 12.3 Å². The van der Waals surface area contributed by atoms with Crippen molar-refractivity contribution in [1.82, 2.24) is 5.32 Å². The average molecular weight is 351 g/mol. The monoisotopic (exact) mass is 351 g/mol. The minimum absolute atomic E-state index is 0.0496. The highest BCUT2D eigenvalue weighted by Gasteiger charge is 2.04. The molecule has 4 heteroatoms. The van der Waals surface area contributed by atoms with Crippen LogP contribution < -0.4 is 10.1 Å². The molecular weight excluding hydrogens is 330 g/mol. The van der Waals surface area contributed by atoms with E-state index in [0.717, 1.165) is 17.1 Å². The Morgan fingerprint density at radius 2 is 1.80 bits per heavy atom. The summed E-state index contributed by atoms with van der Waals surface area (Å²) in [4.78, 5) is 12.0. The molecule has 25 heavy (non-hydrogen) atoms. The molecule has 3 aromatic carbocycles. The zero-order valence-electron chi connectivity index (χ0n) is 14.2. The highest BCUT2D eigenvalue weighted by molar-refractivity contribution is 7.99. The van der Waals surface area contributed by atoms with Crippen LogP contribution >= 0.6 is 11.8 Å². The highest BCUT2D eigenvalue weighted by Crippen LogP contribution is 2.19. The largest absolute Gasteiger partial charge is 0.497 e. The first kappa shape index (κ1) is 17.4. The molecule has 0 saturated carbocycles. The van der Waals surface area contributed by atoms with E-state index < -0.39 is 0 Å². The number of thioether (sulfide) groups is 1. The summed E-state index contributed by atoms with van der Waals surface area (Å²) >= 11 is 1.63. The van der Waals surface area contributed by atoms with E-state index in [1.165, 1.54) is 16.3 Å². The van der Waals surface area contributed by atoms with Gasteiger partial charge in [0.1, 0.15) is 5.75 Å². The number of carbonyl (C=O) groups is 1. The molecule has 128 valence electrons. The van der Waals surface area contributed by atoms with Gasteiger partial charge >= 0.3 is 0 Å². The van der Waals surface area contributed by atoms with Crippen molar-refractivity contribution in [2.24, 2.45) is 0 Å². The Bertz CT molecular complexity index is 863. The van der Waals surface area contributed by atoms with Crippen LogP contribution in [0, 0.1) is 0 Å². The number of ether oxygens (including phenoxy) is 1. The Labute approximate surface area is 152 Å². The summed E-state index contributed by atoms with van der Waals surface area (Å²) < 4.78 is 5.19. The molecule has 0 aliphatic rings. The van der Waals surface area contributed by atoms with E-state index in [9.17, 15) is 4.79 Å². The SMILES string of the molecule is COc1cccc(CNC(=O)CSCc2ccc3ccccc3c2)c1. The summed E-state index contributed by atoms with van der Waals surface area (Å²) in [5.41, 5.74) is 2.27. The molecule has 0 bridgehead atoms. The van der Waals surface area contributed by atoms with Gasteiger partial charge in [0.05, 0.1) is 12.9 Å². The zero-order chi connectivity index (χ0) is 17.5. The van der Waals surface area contributed by atoms with Gasteiger partial charge in [-0.15, -0.1) is 11.8 Å². The number of hydrogen-bond donors (Lipinski definition) is 1. The Hall–Kier alpha value is -2.46. The maximum Gasteiger partial charge on any atom is 0.230 e. The molecule has 0 spiro atoms. The molecule has 3 nitrogen and oxygen atoms in total. The van der Waals surface area contributed by atoms with Crippen LogP contribution in [0.15, 0.2) is 66.7 Å². The van der Waals surface area contributed by atoms with Crippen LogP contribution in [0.4, 0.5) is 0 Å². The molecule has 0 aliphatic heterocycles. The molecule has 0 aromatic heterocycles. The first-order chi connectivity index (χ1) is 12.2. The Morgan fingerprint density at radius 1 is 0.960 bits per heavy atom. The van der Waals surface area contributed by atoms with Gasteiger partial charge in [-0.3, -0.25) is 4.79 Å². The average Bonchev–Trinajstić information content (AvgIpc) is 2.66. The van der Waals surface area contributed by atoms with Crippen LogP contribution in [-0.4, -0.2) is 18.8 Å². The third kappa shape index (κ3) is 5.00. The zero-order valence-corrected chi connectivity index (χ0v) is 15.0. The third-order valence-corrected chi connectivity index (χ3v) is 4.94. The molecule has 0 fully saturated rings. The van der Waals surface area contributed by atoms with Crippen LogP contribution in [-0.2, 0) is 17.1 Å². The van der Waals surface area contributed by atoms with Gasteiger partial charge in [-0.05, 0) is 34.0 Å². The van der Waals surface area contributed by atoms with Crippen LogP contribution in [0.1, 0.15) is 11.1 Å². The maximum atomic E-state index is 12.0. The number of fused-ring (bicyclic) bond motifs is 1. The van der Waals surface area contributed by atoms with E-state index in [2.05, 4.69) is 35.6 Å². The van der Waals surface area contributed by atoms with Crippen LogP contribution in [0.25, 0.3) is 10.8 Å². The van der Waals surface area contributed by atoms with Gasteiger partial charge in [0.2, 0.25) is 5.91 Å². The van der Waals surface area contributed by atoms with Crippen molar-refractivity contribution < 1.29 is 9.53 Å². The summed E-state index contributed by atoms with van der Waals surface area (Å²) in [6, 6.07) is 22.5. The Morgan fingerprint density at radius 3 is 2.64 bits per heavy atom. The molecule has 1 N–H and O–H groups in total. The van der Waals surface area contributed by atoms with Crippen LogP contribution in [0.3, 0.4) is 0 Å². The minimum Gasteiger partial charge on any atom is -0.497 e. The first-order valence-electron chi connectivity index (χ1n) is 8.19. The van der Waals surface area contributed by atoms with E-state index >= 15 is 0 Å². The van der Waals surface area contributed by atoms with Crippen molar-refractivity contribution in [2.75, 3.05) is 12.9 Å². The number of amides is 1. The summed E-state index contributed by atoms with van der Waals surface area (Å²) in [5.74, 6) is 2.14. The second kappa shape index (κ2) is 8.58. The van der Waals surface area contributed by atoms with Crippen LogP contribution in [0.5, 0.6) is 5.75 Å². The molecule has 1 amide bonds. The molecule has 0 radical (unpaired) electrons. The normalized spacial score (nSPS) is 10.6. The Balaban J connectivity index is 1.45. The fourth-order valence-electron chi connectivity index (χ4n) is 2.62. The quantitative estimate of drug-likeness (QED) is 0.686. The van der Waals surface area contributed by atoms with E-state index in [-0.39, 0.29) is 5.91 Å². The van der Waals surface area contributed by atoms with Gasteiger partial charge in [0.25, 0.3) is 0 Å². The third-order valence-electron chi connectivity index (χ3n) is 3.94. The maximum absolute atomic E-state index is 12.0. The standard InChI is InChI=1S/C21H21NO2S/c1-24-20-8-4-5-16(12-20)13-22-21(23)15-25-14-17-9-10-18-6-2-3-7-19(18)11-17/h2-12H,13-15H2,1H3,(H,22,23). The van der Waals surface area contributed by atoms with Gasteiger partial charge in [-0.25, -0.2) is 0 Å². The van der Waals surface area contributed by atoms with Gasteiger partial charge in [-0.1, -0.05) is 54.6 Å². The smallest absolute Gasteiger partial charge is 0.230 e. The van der Waals surface area contributed by atoms with E-state index in [1.54, 1.807) is 18.9 Å². The van der Waals surface area contributed by atoms with Crippen LogP contribution in [0.2, 0.25) is 0 Å². The molecular formula is C21H21NO2S. The first-order valence-corrected chi connectivity index (χ1v) is 9.35. The number of methoxy groups -OCH3 is 1. The lowest BCUT2D eigenvalue weighted by Crippen LogP contribution is -2.24. The predicted octanol–water partition coefficient (Wildman–Crippen LogP) is 4.40. The summed E-state index contributed by atoms with van der Waals surface area (Å²) in [5, 5.41) is 5.43. The van der Waals surface area contributed by atoms with Gasteiger partial charge in [0, 0.05) is 12.3 Å². The predicted molar refractivity (Wildman–Crippen MR) is 105 cm³/mol. The molecule has 3 aromatic rings. The van der Waals surface area contributed by atoms with Gasteiger partial charge < -0.3 is 10.1 Å². The number of carbonyl (C=O) groups excluding carboxylic acids is 1. The molecule has 0 atom stereocenters. The Kier molecular flexibility index (Phi) is 5.96. The molecule has 0 heterocycles. The van der Waals surface area contributed by atoms with Crippen molar-refractivity contribution >= 4 is 28.4 Å². The lowest BCUT2D eigenvalue weighted by atomic mass is 10.1. The molecule has 0 aliphatic carbocycles. The lowest BCUT2D eigenvalue weighted by molar-refractivity contribution is -0.118. The van der Waals surface area contributed by atoms with Crippen molar-refractivity contribution in [3.63, 3.8) is 0 Å². The highest BCUT2D eigenvalue weighted by atomic mass is 32.2. The van der Waals surface area contributed by atoms with Crippen molar-refractivity contribution in [3.05, 3.63) is 77.9 Å². The number of hydrogen-bond acceptors (Lipinski definition) is 3. The number of rotatable bonds is 7. The number of nitrogens with one attached hydrogen (secondary N) is 1. The fraction of sp³-hybridized carbons (Fsp3) is 0.190. The van der Waals surface area contributed by atoms with Crippen molar-refractivity contribution in [1.29, 1.82) is 0 Å². The summed E-state index contributed by atoms with van der Waals surface area (Å²) in [6.45, 7) is 0.520. The topological polar surface area (TPSA) is 38.3 Å². The molecule has 3 rings (SSSR count). The van der Waals surface area contributed by atoms with E-state index in [1.807, 2.05) is 36.4 Å². The second-order valence-corrected chi connectivity index (χ2v) is 6.79.